The van der Waals surface area contributed by atoms with Gasteiger partial charge in [-0.2, -0.15) is 5.10 Å². The van der Waals surface area contributed by atoms with Crippen molar-refractivity contribution >= 4 is 29.1 Å². The molecule has 0 saturated heterocycles. The summed E-state index contributed by atoms with van der Waals surface area (Å²) in [6.07, 6.45) is 2.30. The zero-order valence-electron chi connectivity index (χ0n) is 16.1. The van der Waals surface area contributed by atoms with Crippen molar-refractivity contribution in [3.05, 3.63) is 63.6 Å². The third-order valence-corrected chi connectivity index (χ3v) is 5.03. The van der Waals surface area contributed by atoms with Gasteiger partial charge in [-0.1, -0.05) is 23.7 Å². The Morgan fingerprint density at radius 1 is 1.29 bits per heavy atom. The quantitative estimate of drug-likeness (QED) is 0.689. The number of fused-ring (bicyclic) bond motifs is 1. The molecule has 0 aliphatic rings. The highest BCUT2D eigenvalue weighted by molar-refractivity contribution is 6.30. The summed E-state index contributed by atoms with van der Waals surface area (Å²) in [5.74, 6) is -0.538. The van der Waals surface area contributed by atoms with Crippen LogP contribution in [-0.2, 0) is 17.8 Å². The van der Waals surface area contributed by atoms with E-state index in [1.807, 2.05) is 32.0 Å². The molecule has 0 spiro atoms. The van der Waals surface area contributed by atoms with Gasteiger partial charge in [0, 0.05) is 36.4 Å². The molecule has 7 nitrogen and oxygen atoms in total. The summed E-state index contributed by atoms with van der Waals surface area (Å²) in [5.41, 5.74) is 9.64. The number of carbonyl (C=O) groups is 2. The molecule has 0 bridgehead atoms. The highest BCUT2D eigenvalue weighted by Crippen LogP contribution is 2.19. The summed E-state index contributed by atoms with van der Waals surface area (Å²) in [5, 5.41) is 4.86. The van der Waals surface area contributed by atoms with E-state index in [-0.39, 0.29) is 11.5 Å². The Hall–Kier alpha value is -2.93. The molecule has 28 heavy (non-hydrogen) atoms. The van der Waals surface area contributed by atoms with Crippen molar-refractivity contribution in [2.75, 3.05) is 7.05 Å². The predicted octanol–water partition coefficient (Wildman–Crippen LogP) is 2.69. The summed E-state index contributed by atoms with van der Waals surface area (Å²) >= 11 is 6.01. The summed E-state index contributed by atoms with van der Waals surface area (Å²) in [7, 11) is 1.77. The Balaban J connectivity index is 1.74. The molecule has 2 N–H and O–H groups in total. The van der Waals surface area contributed by atoms with E-state index >= 15 is 0 Å². The van der Waals surface area contributed by atoms with Gasteiger partial charge in [-0.15, -0.1) is 0 Å². The molecule has 0 aliphatic carbocycles. The molecule has 2 amide bonds. The molecule has 1 aromatic carbocycles. The third-order valence-electron chi connectivity index (χ3n) is 4.80. The molecule has 146 valence electrons. The van der Waals surface area contributed by atoms with E-state index in [4.69, 9.17) is 17.3 Å². The number of amides is 2. The Bertz CT molecular complexity index is 1060. The molecule has 0 radical (unpaired) electrons. The van der Waals surface area contributed by atoms with Crippen LogP contribution in [0, 0.1) is 13.8 Å². The minimum absolute atomic E-state index is 0.0252. The standard InChI is InChI=1S/C20H22ClN5O2/c1-12-16(13(2)26-20(24-12)17(10-23-26)19(22)28)7-8-18(27)25(3)11-14-5-4-6-15(21)9-14/h4-6,9-10H,7-8,11H2,1-3H3,(H2,22,28). The van der Waals surface area contributed by atoms with Crippen molar-refractivity contribution in [2.24, 2.45) is 5.73 Å². The fraction of sp³-hybridized carbons (Fsp3) is 0.300. The van der Waals surface area contributed by atoms with Crippen LogP contribution in [0.4, 0.5) is 0 Å². The molecule has 2 heterocycles. The monoisotopic (exact) mass is 399 g/mol. The van der Waals surface area contributed by atoms with Crippen molar-refractivity contribution in [3.63, 3.8) is 0 Å². The molecule has 0 fully saturated rings. The molecule has 2 aromatic heterocycles. The maximum Gasteiger partial charge on any atom is 0.254 e. The number of carbonyl (C=O) groups excluding carboxylic acids is 2. The number of halogens is 1. The van der Waals surface area contributed by atoms with E-state index in [9.17, 15) is 9.59 Å². The minimum atomic E-state index is -0.563. The molecule has 3 rings (SSSR count). The Morgan fingerprint density at radius 2 is 2.04 bits per heavy atom. The molecule has 0 saturated carbocycles. The number of primary amides is 1. The predicted molar refractivity (Wildman–Crippen MR) is 107 cm³/mol. The number of aromatic nitrogens is 3. The van der Waals surface area contributed by atoms with Crippen molar-refractivity contribution in [2.45, 2.75) is 33.2 Å². The lowest BCUT2D eigenvalue weighted by Crippen LogP contribution is -2.26. The second-order valence-corrected chi connectivity index (χ2v) is 7.24. The lowest BCUT2D eigenvalue weighted by atomic mass is 10.1. The smallest absolute Gasteiger partial charge is 0.254 e. The summed E-state index contributed by atoms with van der Waals surface area (Å²) in [6, 6.07) is 7.47. The molecular weight excluding hydrogens is 378 g/mol. The first-order valence-electron chi connectivity index (χ1n) is 8.90. The highest BCUT2D eigenvalue weighted by atomic mass is 35.5. The number of hydrogen-bond donors (Lipinski definition) is 1. The van der Waals surface area contributed by atoms with Gasteiger partial charge < -0.3 is 10.6 Å². The molecular formula is C20H22ClN5O2. The van der Waals surface area contributed by atoms with Gasteiger partial charge in [-0.05, 0) is 43.5 Å². The van der Waals surface area contributed by atoms with Gasteiger partial charge in [0.05, 0.1) is 6.20 Å². The fourth-order valence-corrected chi connectivity index (χ4v) is 3.48. The number of benzene rings is 1. The van der Waals surface area contributed by atoms with Gasteiger partial charge >= 0.3 is 0 Å². The van der Waals surface area contributed by atoms with Gasteiger partial charge in [-0.25, -0.2) is 9.50 Å². The average Bonchev–Trinajstić information content (AvgIpc) is 3.05. The highest BCUT2D eigenvalue weighted by Gasteiger charge is 2.18. The van der Waals surface area contributed by atoms with Gasteiger partial charge in [-0.3, -0.25) is 9.59 Å². The zero-order chi connectivity index (χ0) is 20.4. The normalized spacial score (nSPS) is 11.0. The van der Waals surface area contributed by atoms with Crippen LogP contribution in [-0.4, -0.2) is 38.4 Å². The van der Waals surface area contributed by atoms with Crippen LogP contribution >= 0.6 is 11.6 Å². The van der Waals surface area contributed by atoms with Crippen molar-refractivity contribution in [1.82, 2.24) is 19.5 Å². The largest absolute Gasteiger partial charge is 0.365 e. The lowest BCUT2D eigenvalue weighted by molar-refractivity contribution is -0.130. The summed E-state index contributed by atoms with van der Waals surface area (Å²) < 4.78 is 1.60. The van der Waals surface area contributed by atoms with Gasteiger partial charge in [0.1, 0.15) is 5.56 Å². The van der Waals surface area contributed by atoms with Crippen molar-refractivity contribution in [3.8, 4) is 0 Å². The number of nitrogens with two attached hydrogens (primary N) is 1. The average molecular weight is 400 g/mol. The second kappa shape index (κ2) is 7.98. The van der Waals surface area contributed by atoms with Crippen LogP contribution in [0.3, 0.4) is 0 Å². The maximum atomic E-state index is 12.6. The van der Waals surface area contributed by atoms with Gasteiger partial charge in [0.2, 0.25) is 5.91 Å². The first-order chi connectivity index (χ1) is 13.3. The molecule has 0 unspecified atom stereocenters. The first-order valence-corrected chi connectivity index (χ1v) is 9.27. The molecule has 0 atom stereocenters. The van der Waals surface area contributed by atoms with E-state index in [1.165, 1.54) is 6.20 Å². The number of rotatable bonds is 6. The lowest BCUT2D eigenvalue weighted by Gasteiger charge is -2.18. The summed E-state index contributed by atoms with van der Waals surface area (Å²) in [6.45, 7) is 4.25. The van der Waals surface area contributed by atoms with E-state index in [0.29, 0.717) is 30.1 Å². The Morgan fingerprint density at radius 3 is 2.71 bits per heavy atom. The SMILES string of the molecule is Cc1nc2c(C(N)=O)cnn2c(C)c1CCC(=O)N(C)Cc1cccc(Cl)c1. The fourth-order valence-electron chi connectivity index (χ4n) is 3.27. The number of hydrogen-bond acceptors (Lipinski definition) is 4. The first kappa shape index (κ1) is 19.8. The van der Waals surface area contributed by atoms with Gasteiger partial charge in [0.15, 0.2) is 5.65 Å². The Kier molecular flexibility index (Phi) is 5.65. The minimum Gasteiger partial charge on any atom is -0.365 e. The third kappa shape index (κ3) is 3.99. The molecule has 3 aromatic rings. The number of aryl methyl sites for hydroxylation is 2. The summed E-state index contributed by atoms with van der Waals surface area (Å²) in [4.78, 5) is 30.2. The van der Waals surface area contributed by atoms with E-state index in [1.54, 1.807) is 22.5 Å². The van der Waals surface area contributed by atoms with E-state index in [0.717, 1.165) is 22.5 Å². The van der Waals surface area contributed by atoms with Crippen LogP contribution in [0.15, 0.2) is 30.5 Å². The van der Waals surface area contributed by atoms with Crippen molar-refractivity contribution in [1.29, 1.82) is 0 Å². The van der Waals surface area contributed by atoms with Crippen LogP contribution < -0.4 is 5.73 Å². The zero-order valence-corrected chi connectivity index (χ0v) is 16.8. The maximum absolute atomic E-state index is 12.6. The molecule has 8 heteroatoms. The van der Waals surface area contributed by atoms with Gasteiger partial charge in [0.25, 0.3) is 5.91 Å². The topological polar surface area (TPSA) is 93.6 Å². The number of nitrogens with zero attached hydrogens (tertiary/aromatic N) is 4. The van der Waals surface area contributed by atoms with Crippen LogP contribution in [0.1, 0.15) is 39.3 Å². The van der Waals surface area contributed by atoms with Crippen LogP contribution in [0.5, 0.6) is 0 Å². The molecule has 0 aliphatic heterocycles. The van der Waals surface area contributed by atoms with E-state index < -0.39 is 5.91 Å². The van der Waals surface area contributed by atoms with Crippen LogP contribution in [0.2, 0.25) is 5.02 Å². The Labute approximate surface area is 168 Å². The van der Waals surface area contributed by atoms with Crippen LogP contribution in [0.25, 0.3) is 5.65 Å². The second-order valence-electron chi connectivity index (χ2n) is 6.80. The van der Waals surface area contributed by atoms with Crippen molar-refractivity contribution < 1.29 is 9.59 Å². The van der Waals surface area contributed by atoms with E-state index in [2.05, 4.69) is 10.1 Å².